The smallest absolute Gasteiger partial charge is 0.226 e. The molecule has 0 spiro atoms. The number of nitrogens with zero attached hydrogens (tertiary/aromatic N) is 3. The topological polar surface area (TPSA) is 63.3 Å². The van der Waals surface area contributed by atoms with Gasteiger partial charge in [-0.3, -0.25) is 9.69 Å². The average molecular weight is 342 g/mol. The summed E-state index contributed by atoms with van der Waals surface area (Å²) >= 11 is 0. The zero-order chi connectivity index (χ0) is 17.4. The van der Waals surface area contributed by atoms with Gasteiger partial charge in [-0.05, 0) is 44.7 Å². The van der Waals surface area contributed by atoms with E-state index < -0.39 is 0 Å². The van der Waals surface area contributed by atoms with Crippen LogP contribution in [0.1, 0.15) is 35.6 Å². The quantitative estimate of drug-likeness (QED) is 0.905. The van der Waals surface area contributed by atoms with E-state index in [9.17, 15) is 4.79 Å². The third kappa shape index (κ3) is 3.63. The molecule has 1 saturated carbocycles. The molecule has 25 heavy (non-hydrogen) atoms. The predicted molar refractivity (Wildman–Crippen MR) is 93.7 cm³/mol. The Kier molecular flexibility index (Phi) is 4.37. The van der Waals surface area contributed by atoms with E-state index >= 15 is 0 Å². The maximum atomic E-state index is 12.7. The van der Waals surface area contributed by atoms with Crippen LogP contribution in [0.2, 0.25) is 0 Å². The molecule has 0 saturated heterocycles. The van der Waals surface area contributed by atoms with Crippen molar-refractivity contribution in [2.75, 3.05) is 13.1 Å². The molecule has 4 rings (SSSR count). The maximum Gasteiger partial charge on any atom is 0.226 e. The molecule has 1 aliphatic carbocycles. The van der Waals surface area contributed by atoms with E-state index in [4.69, 9.17) is 4.52 Å². The summed E-state index contributed by atoms with van der Waals surface area (Å²) in [5, 5.41) is 7.22. The average Bonchev–Trinajstić information content (AvgIpc) is 3.30. The van der Waals surface area contributed by atoms with Crippen molar-refractivity contribution in [2.24, 2.45) is 11.8 Å². The lowest BCUT2D eigenvalue weighted by molar-refractivity contribution is -0.126. The number of hydrogen-bond acceptors (Lipinski definition) is 4. The highest BCUT2D eigenvalue weighted by atomic mass is 16.5. The van der Waals surface area contributed by atoms with Crippen LogP contribution < -0.4 is 5.32 Å². The molecule has 6 heteroatoms. The summed E-state index contributed by atoms with van der Waals surface area (Å²) in [4.78, 5) is 15.1. The van der Waals surface area contributed by atoms with Gasteiger partial charge in [0.05, 0.1) is 11.6 Å². The number of nitrogens with one attached hydrogen (secondary N) is 1. The normalized spacial score (nSPS) is 21.0. The molecular formula is C19H26N4O2. The highest BCUT2D eigenvalue weighted by Crippen LogP contribution is 2.28. The lowest BCUT2D eigenvalue weighted by Crippen LogP contribution is -2.39. The Balaban J connectivity index is 1.51. The van der Waals surface area contributed by atoms with Gasteiger partial charge in [-0.15, -0.1) is 0 Å². The Labute approximate surface area is 148 Å². The summed E-state index contributed by atoms with van der Waals surface area (Å²) < 4.78 is 7.52. The summed E-state index contributed by atoms with van der Waals surface area (Å²) in [5.74, 6) is 1.72. The monoisotopic (exact) mass is 342 g/mol. The maximum absolute atomic E-state index is 12.7. The second-order valence-corrected chi connectivity index (χ2v) is 7.51. The molecular weight excluding hydrogens is 316 g/mol. The number of aromatic nitrogens is 2. The number of fused-ring (bicyclic) bond motifs is 1. The van der Waals surface area contributed by atoms with Crippen LogP contribution in [0.4, 0.5) is 0 Å². The SMILES string of the molecule is Cc1noc(C)c1CN1Cc2cccn2C[C@H](C(=O)NCC2CC2)C1. The second-order valence-electron chi connectivity index (χ2n) is 7.51. The van der Waals surface area contributed by atoms with Gasteiger partial charge in [-0.1, -0.05) is 5.16 Å². The van der Waals surface area contributed by atoms with Crippen molar-refractivity contribution in [2.45, 2.75) is 46.3 Å². The van der Waals surface area contributed by atoms with E-state index in [2.05, 4.69) is 38.3 Å². The van der Waals surface area contributed by atoms with Crippen LogP contribution in [0.15, 0.2) is 22.9 Å². The molecule has 0 radical (unpaired) electrons. The van der Waals surface area contributed by atoms with Crippen molar-refractivity contribution >= 4 is 5.91 Å². The van der Waals surface area contributed by atoms with Crippen molar-refractivity contribution in [1.82, 2.24) is 19.9 Å². The van der Waals surface area contributed by atoms with Crippen molar-refractivity contribution in [3.63, 3.8) is 0 Å². The van der Waals surface area contributed by atoms with Crippen LogP contribution in [0.5, 0.6) is 0 Å². The highest BCUT2D eigenvalue weighted by molar-refractivity contribution is 5.78. The Morgan fingerprint density at radius 1 is 1.36 bits per heavy atom. The standard InChI is InChI=1S/C19H26N4O2/c1-13-18(14(2)25-21-13)12-22-9-16(19(24)20-8-15-5-6-15)10-23-7-3-4-17(23)11-22/h3-4,7,15-16H,5-6,8-12H2,1-2H3,(H,20,24)/t16-/m1/s1. The predicted octanol–water partition coefficient (Wildman–Crippen LogP) is 2.25. The van der Waals surface area contributed by atoms with E-state index in [1.54, 1.807) is 0 Å². The van der Waals surface area contributed by atoms with E-state index in [0.29, 0.717) is 5.92 Å². The molecule has 0 unspecified atom stereocenters. The minimum atomic E-state index is -0.0344. The number of rotatable bonds is 5. The van der Waals surface area contributed by atoms with Gasteiger partial charge >= 0.3 is 0 Å². The summed E-state index contributed by atoms with van der Waals surface area (Å²) in [6.45, 7) is 7.86. The number of carbonyl (C=O) groups excluding carboxylic acids is 1. The van der Waals surface area contributed by atoms with Gasteiger partial charge in [0.25, 0.3) is 0 Å². The molecule has 1 N–H and O–H groups in total. The van der Waals surface area contributed by atoms with Gasteiger partial charge in [0.2, 0.25) is 5.91 Å². The molecule has 0 bridgehead atoms. The number of amides is 1. The summed E-state index contributed by atoms with van der Waals surface area (Å²) in [7, 11) is 0. The molecule has 0 aromatic carbocycles. The first kappa shape index (κ1) is 16.4. The third-order valence-corrected chi connectivity index (χ3v) is 5.40. The lowest BCUT2D eigenvalue weighted by atomic mass is 10.1. The van der Waals surface area contributed by atoms with Gasteiger partial charge in [0.1, 0.15) is 5.76 Å². The zero-order valence-electron chi connectivity index (χ0n) is 15.0. The largest absolute Gasteiger partial charge is 0.361 e. The zero-order valence-corrected chi connectivity index (χ0v) is 15.0. The lowest BCUT2D eigenvalue weighted by Gasteiger charge is -2.23. The molecule has 1 fully saturated rings. The van der Waals surface area contributed by atoms with Gasteiger partial charge < -0.3 is 14.4 Å². The minimum absolute atomic E-state index is 0.0344. The van der Waals surface area contributed by atoms with Gasteiger partial charge in [-0.25, -0.2) is 0 Å². The first-order chi connectivity index (χ1) is 12.1. The van der Waals surface area contributed by atoms with E-state index in [1.165, 1.54) is 18.5 Å². The molecule has 1 aliphatic heterocycles. The molecule has 134 valence electrons. The fourth-order valence-corrected chi connectivity index (χ4v) is 3.62. The van der Waals surface area contributed by atoms with Crippen LogP contribution in [0.25, 0.3) is 0 Å². The summed E-state index contributed by atoms with van der Waals surface area (Å²) in [6.07, 6.45) is 4.59. The van der Waals surface area contributed by atoms with Crippen LogP contribution in [0, 0.1) is 25.7 Å². The molecule has 2 aromatic rings. The Morgan fingerprint density at radius 3 is 2.92 bits per heavy atom. The van der Waals surface area contributed by atoms with Gasteiger partial charge in [0.15, 0.2) is 0 Å². The molecule has 1 amide bonds. The Bertz CT molecular complexity index is 740. The van der Waals surface area contributed by atoms with Crippen molar-refractivity contribution in [3.05, 3.63) is 41.0 Å². The molecule has 3 heterocycles. The fourth-order valence-electron chi connectivity index (χ4n) is 3.62. The van der Waals surface area contributed by atoms with E-state index in [1.807, 2.05) is 13.8 Å². The first-order valence-corrected chi connectivity index (χ1v) is 9.16. The van der Waals surface area contributed by atoms with Crippen LogP contribution in [0.3, 0.4) is 0 Å². The van der Waals surface area contributed by atoms with Crippen LogP contribution in [-0.4, -0.2) is 33.6 Å². The molecule has 2 aromatic heterocycles. The van der Waals surface area contributed by atoms with Crippen LogP contribution >= 0.6 is 0 Å². The summed E-state index contributed by atoms with van der Waals surface area (Å²) in [6, 6.07) is 4.21. The summed E-state index contributed by atoms with van der Waals surface area (Å²) in [5.41, 5.74) is 3.33. The van der Waals surface area contributed by atoms with Gasteiger partial charge in [-0.2, -0.15) is 0 Å². The Morgan fingerprint density at radius 2 is 2.20 bits per heavy atom. The van der Waals surface area contributed by atoms with Crippen molar-refractivity contribution in [3.8, 4) is 0 Å². The molecule has 2 aliphatic rings. The number of hydrogen-bond donors (Lipinski definition) is 1. The molecule has 1 atom stereocenters. The van der Waals surface area contributed by atoms with Crippen molar-refractivity contribution < 1.29 is 9.32 Å². The molecule has 6 nitrogen and oxygen atoms in total. The minimum Gasteiger partial charge on any atom is -0.361 e. The van der Waals surface area contributed by atoms with Crippen LogP contribution in [-0.2, 0) is 24.4 Å². The first-order valence-electron chi connectivity index (χ1n) is 9.16. The second kappa shape index (κ2) is 6.67. The van der Waals surface area contributed by atoms with E-state index in [0.717, 1.165) is 49.7 Å². The van der Waals surface area contributed by atoms with Gasteiger partial charge in [0, 0.05) is 50.2 Å². The van der Waals surface area contributed by atoms with Crippen molar-refractivity contribution in [1.29, 1.82) is 0 Å². The number of carbonyl (C=O) groups is 1. The Hall–Kier alpha value is -2.08. The van der Waals surface area contributed by atoms with E-state index in [-0.39, 0.29) is 11.8 Å². The highest BCUT2D eigenvalue weighted by Gasteiger charge is 2.29. The fraction of sp³-hybridized carbons (Fsp3) is 0.579. The number of aryl methyl sites for hydroxylation is 2. The third-order valence-electron chi connectivity index (χ3n) is 5.40.